The van der Waals surface area contributed by atoms with E-state index < -0.39 is 5.41 Å². The van der Waals surface area contributed by atoms with Crippen LogP contribution in [0.2, 0.25) is 0 Å². The molecule has 2 aliphatic heterocycles. The molecule has 2 saturated heterocycles. The van der Waals surface area contributed by atoms with E-state index in [4.69, 9.17) is 5.73 Å². The molecule has 0 aromatic heterocycles. The second kappa shape index (κ2) is 10.5. The van der Waals surface area contributed by atoms with Gasteiger partial charge in [0.2, 0.25) is 11.8 Å². The van der Waals surface area contributed by atoms with Crippen molar-refractivity contribution >= 4 is 22.6 Å². The summed E-state index contributed by atoms with van der Waals surface area (Å²) in [5.41, 5.74) is 8.38. The van der Waals surface area contributed by atoms with Gasteiger partial charge in [-0.1, -0.05) is 103 Å². The van der Waals surface area contributed by atoms with E-state index in [9.17, 15) is 9.59 Å². The predicted molar refractivity (Wildman–Crippen MR) is 160 cm³/mol. The highest BCUT2D eigenvalue weighted by molar-refractivity contribution is 5.87. The first-order chi connectivity index (χ1) is 19.4. The zero-order valence-corrected chi connectivity index (χ0v) is 23.1. The molecule has 2 heterocycles. The number of nitrogens with zero attached hydrogens (tertiary/aromatic N) is 2. The van der Waals surface area contributed by atoms with Gasteiger partial charge >= 0.3 is 0 Å². The molecule has 0 saturated carbocycles. The number of benzene rings is 4. The molecular formula is C35H37N3O2. The summed E-state index contributed by atoms with van der Waals surface area (Å²) >= 11 is 0. The van der Waals surface area contributed by atoms with Gasteiger partial charge in [0.05, 0.1) is 5.41 Å². The number of hydrogen-bond donors (Lipinski definition) is 1. The third-order valence-electron chi connectivity index (χ3n) is 9.63. The molecule has 0 bridgehead atoms. The molecule has 40 heavy (non-hydrogen) atoms. The first-order valence-corrected chi connectivity index (χ1v) is 14.3. The SMILES string of the molecule is CC(N1CCC(C(N)=O)(c2ccccc2)CC1)C1(c2ccc3ccccc3c2)CC(=O)N(Cc2ccccc2)C1. The van der Waals surface area contributed by atoms with E-state index in [1.54, 1.807) is 0 Å². The van der Waals surface area contributed by atoms with Gasteiger partial charge in [-0.3, -0.25) is 14.5 Å². The molecule has 2 N–H and O–H groups in total. The lowest BCUT2D eigenvalue weighted by molar-refractivity contribution is -0.128. The van der Waals surface area contributed by atoms with Gasteiger partial charge in [0, 0.05) is 31.0 Å². The van der Waals surface area contributed by atoms with Crippen LogP contribution < -0.4 is 5.73 Å². The number of carbonyl (C=O) groups excluding carboxylic acids is 2. The Morgan fingerprint density at radius 3 is 2.12 bits per heavy atom. The second-order valence-corrected chi connectivity index (χ2v) is 11.7. The number of hydrogen-bond acceptors (Lipinski definition) is 3. The molecule has 6 rings (SSSR count). The van der Waals surface area contributed by atoms with Gasteiger partial charge in [0.25, 0.3) is 0 Å². The fourth-order valence-electron chi connectivity index (χ4n) is 7.10. The molecule has 0 radical (unpaired) electrons. The fourth-order valence-corrected chi connectivity index (χ4v) is 7.10. The Morgan fingerprint density at radius 2 is 1.45 bits per heavy atom. The zero-order chi connectivity index (χ0) is 27.7. The highest BCUT2D eigenvalue weighted by Crippen LogP contribution is 2.44. The van der Waals surface area contributed by atoms with Crippen molar-refractivity contribution in [2.24, 2.45) is 5.73 Å². The van der Waals surface area contributed by atoms with Crippen LogP contribution in [0.3, 0.4) is 0 Å². The fraction of sp³-hybridized carbons (Fsp3) is 0.314. The Bertz CT molecular complexity index is 1510. The highest BCUT2D eigenvalue weighted by atomic mass is 16.2. The molecule has 204 valence electrons. The minimum atomic E-state index is -0.654. The average Bonchev–Trinajstić information content (AvgIpc) is 3.34. The molecule has 2 amide bonds. The van der Waals surface area contributed by atoms with E-state index in [0.29, 0.717) is 32.4 Å². The average molecular weight is 532 g/mol. The summed E-state index contributed by atoms with van der Waals surface area (Å²) in [6, 6.07) is 35.4. The van der Waals surface area contributed by atoms with Crippen LogP contribution in [0.4, 0.5) is 0 Å². The maximum absolute atomic E-state index is 13.6. The number of amides is 2. The quantitative estimate of drug-likeness (QED) is 0.346. The minimum Gasteiger partial charge on any atom is -0.369 e. The molecule has 0 aliphatic carbocycles. The van der Waals surface area contributed by atoms with Crippen LogP contribution in [0.25, 0.3) is 10.8 Å². The summed E-state index contributed by atoms with van der Waals surface area (Å²) in [4.78, 5) is 31.0. The monoisotopic (exact) mass is 531 g/mol. The number of rotatable bonds is 7. The van der Waals surface area contributed by atoms with Crippen molar-refractivity contribution in [1.82, 2.24) is 9.80 Å². The summed E-state index contributed by atoms with van der Waals surface area (Å²) in [6.07, 6.45) is 1.81. The summed E-state index contributed by atoms with van der Waals surface area (Å²) in [6.45, 7) is 5.05. The summed E-state index contributed by atoms with van der Waals surface area (Å²) in [7, 11) is 0. The molecule has 5 nitrogen and oxygen atoms in total. The first kappa shape index (κ1) is 26.3. The Kier molecular flexibility index (Phi) is 6.93. The molecule has 2 unspecified atom stereocenters. The van der Waals surface area contributed by atoms with E-state index in [1.807, 2.05) is 53.4 Å². The molecule has 2 atom stereocenters. The summed E-state index contributed by atoms with van der Waals surface area (Å²) < 4.78 is 0. The Labute approximate surface area is 236 Å². The number of primary amides is 1. The molecule has 4 aromatic rings. The van der Waals surface area contributed by atoms with Crippen molar-refractivity contribution in [2.45, 2.75) is 49.6 Å². The van der Waals surface area contributed by atoms with Crippen LogP contribution in [-0.2, 0) is 27.0 Å². The van der Waals surface area contributed by atoms with Gasteiger partial charge in [-0.05, 0) is 60.3 Å². The lowest BCUT2D eigenvalue weighted by Crippen LogP contribution is -2.57. The standard InChI is InChI=1S/C35H37N3O2/c1-26(37-20-18-34(19-21-37,33(36)40)30-14-6-3-7-15-30)35(31-17-16-28-12-8-9-13-29(28)22-31)23-32(39)38(25-35)24-27-10-4-2-5-11-27/h2-17,22,26H,18-21,23-25H2,1H3,(H2,36,40). The van der Waals surface area contributed by atoms with Crippen LogP contribution >= 0.6 is 0 Å². The van der Waals surface area contributed by atoms with Gasteiger partial charge in [-0.15, -0.1) is 0 Å². The molecular weight excluding hydrogens is 494 g/mol. The van der Waals surface area contributed by atoms with E-state index in [2.05, 4.69) is 66.4 Å². The lowest BCUT2D eigenvalue weighted by atomic mass is 9.69. The van der Waals surface area contributed by atoms with E-state index >= 15 is 0 Å². The van der Waals surface area contributed by atoms with E-state index in [-0.39, 0.29) is 23.3 Å². The number of piperidine rings is 1. The maximum atomic E-state index is 13.6. The Morgan fingerprint density at radius 1 is 0.825 bits per heavy atom. The van der Waals surface area contributed by atoms with Gasteiger partial charge < -0.3 is 10.6 Å². The van der Waals surface area contributed by atoms with Gasteiger partial charge in [0.15, 0.2) is 0 Å². The topological polar surface area (TPSA) is 66.6 Å². The smallest absolute Gasteiger partial charge is 0.228 e. The van der Waals surface area contributed by atoms with Crippen LogP contribution in [0.5, 0.6) is 0 Å². The second-order valence-electron chi connectivity index (χ2n) is 11.7. The van der Waals surface area contributed by atoms with Crippen molar-refractivity contribution in [3.8, 4) is 0 Å². The van der Waals surface area contributed by atoms with Crippen molar-refractivity contribution in [3.63, 3.8) is 0 Å². The lowest BCUT2D eigenvalue weighted by Gasteiger charge is -2.47. The molecule has 4 aromatic carbocycles. The van der Waals surface area contributed by atoms with Crippen LogP contribution in [0, 0.1) is 0 Å². The van der Waals surface area contributed by atoms with Gasteiger partial charge in [-0.25, -0.2) is 0 Å². The van der Waals surface area contributed by atoms with Crippen LogP contribution in [-0.4, -0.2) is 47.3 Å². The summed E-state index contributed by atoms with van der Waals surface area (Å²) in [5.74, 6) is -0.0584. The molecule has 2 fully saturated rings. The predicted octanol–water partition coefficient (Wildman–Crippen LogP) is 5.42. The van der Waals surface area contributed by atoms with Crippen LogP contribution in [0.1, 0.15) is 42.9 Å². The molecule has 0 spiro atoms. The number of nitrogens with two attached hydrogens (primary N) is 1. The van der Waals surface area contributed by atoms with Gasteiger partial charge in [-0.2, -0.15) is 0 Å². The first-order valence-electron chi connectivity index (χ1n) is 14.3. The summed E-state index contributed by atoms with van der Waals surface area (Å²) in [5, 5.41) is 2.39. The number of likely N-dealkylation sites (tertiary alicyclic amines) is 2. The molecule has 5 heteroatoms. The molecule has 2 aliphatic rings. The van der Waals surface area contributed by atoms with Crippen molar-refractivity contribution in [3.05, 3.63) is 120 Å². The third-order valence-corrected chi connectivity index (χ3v) is 9.63. The Hall–Kier alpha value is -3.96. The highest BCUT2D eigenvalue weighted by Gasteiger charge is 2.51. The zero-order valence-electron chi connectivity index (χ0n) is 23.1. The minimum absolute atomic E-state index is 0.0973. The normalized spacial score (nSPS) is 21.9. The third kappa shape index (κ3) is 4.58. The van der Waals surface area contributed by atoms with E-state index in [0.717, 1.165) is 24.2 Å². The largest absolute Gasteiger partial charge is 0.369 e. The Balaban J connectivity index is 1.33. The van der Waals surface area contributed by atoms with Gasteiger partial charge in [0.1, 0.15) is 0 Å². The van der Waals surface area contributed by atoms with Crippen molar-refractivity contribution in [1.29, 1.82) is 0 Å². The maximum Gasteiger partial charge on any atom is 0.228 e. The number of fused-ring (bicyclic) bond motifs is 1. The van der Waals surface area contributed by atoms with Crippen molar-refractivity contribution in [2.75, 3.05) is 19.6 Å². The van der Waals surface area contributed by atoms with Crippen molar-refractivity contribution < 1.29 is 9.59 Å². The number of carbonyl (C=O) groups is 2. The van der Waals surface area contributed by atoms with Crippen LogP contribution in [0.15, 0.2) is 103 Å². The van der Waals surface area contributed by atoms with E-state index in [1.165, 1.54) is 16.3 Å².